The van der Waals surface area contributed by atoms with E-state index in [1.165, 1.54) is 0 Å². The Kier molecular flexibility index (Phi) is 7.91. The highest BCUT2D eigenvalue weighted by Crippen LogP contribution is 2.33. The maximum absolute atomic E-state index is 11.9. The van der Waals surface area contributed by atoms with Crippen molar-refractivity contribution >= 4 is 41.5 Å². The minimum atomic E-state index is -0.842. The highest BCUT2D eigenvalue weighted by Gasteiger charge is 2.42. The Morgan fingerprint density at radius 3 is 2.67 bits per heavy atom. The van der Waals surface area contributed by atoms with Crippen molar-refractivity contribution in [3.8, 4) is 0 Å². The van der Waals surface area contributed by atoms with E-state index in [1.54, 1.807) is 0 Å². The Bertz CT molecular complexity index is 688. The van der Waals surface area contributed by atoms with Gasteiger partial charge in [0.15, 0.2) is 0 Å². The molecule has 3 N–H and O–H groups in total. The summed E-state index contributed by atoms with van der Waals surface area (Å²) in [6.07, 6.45) is 3.08. The smallest absolute Gasteiger partial charge is 0.358 e. The van der Waals surface area contributed by atoms with Crippen LogP contribution >= 0.6 is 11.8 Å². The predicted octanol–water partition coefficient (Wildman–Crippen LogP) is -0.548. The molecule has 3 saturated heterocycles. The molecule has 3 heterocycles. The molecule has 5 amide bonds. The van der Waals surface area contributed by atoms with Crippen LogP contribution in [0.25, 0.3) is 0 Å². The zero-order valence-electron chi connectivity index (χ0n) is 16.5. The summed E-state index contributed by atoms with van der Waals surface area (Å²) in [5.41, 5.74) is 0. The molecule has 12 heteroatoms. The fourth-order valence-electron chi connectivity index (χ4n) is 3.57. The summed E-state index contributed by atoms with van der Waals surface area (Å²) in [6, 6.07) is 0.300. The van der Waals surface area contributed by atoms with E-state index in [0.717, 1.165) is 25.0 Å². The van der Waals surface area contributed by atoms with Crippen molar-refractivity contribution in [2.24, 2.45) is 0 Å². The molecule has 3 atom stereocenters. The van der Waals surface area contributed by atoms with Gasteiger partial charge in [0.25, 0.3) is 11.8 Å². The molecule has 0 spiro atoms. The van der Waals surface area contributed by atoms with Gasteiger partial charge < -0.3 is 25.5 Å². The summed E-state index contributed by atoms with van der Waals surface area (Å²) in [5, 5.41) is 9.42. The van der Waals surface area contributed by atoms with Gasteiger partial charge in [-0.25, -0.2) is 9.59 Å². The van der Waals surface area contributed by atoms with Gasteiger partial charge in [0.05, 0.1) is 18.7 Å². The number of rotatable bonds is 11. The summed E-state index contributed by atoms with van der Waals surface area (Å²) in [4.78, 5) is 62.1. The van der Waals surface area contributed by atoms with Gasteiger partial charge in [0.1, 0.15) is 6.61 Å². The van der Waals surface area contributed by atoms with E-state index < -0.39 is 24.4 Å². The van der Waals surface area contributed by atoms with E-state index >= 15 is 0 Å². The topological polar surface area (TPSA) is 143 Å². The number of carbonyl (C=O) groups excluding carboxylic acids is 5. The normalized spacial score (nSPS) is 25.1. The highest BCUT2D eigenvalue weighted by atomic mass is 32.2. The molecule has 11 nitrogen and oxygen atoms in total. The maximum Gasteiger partial charge on any atom is 0.358 e. The van der Waals surface area contributed by atoms with Crippen molar-refractivity contribution in [2.45, 2.75) is 55.9 Å². The average molecular weight is 442 g/mol. The third-order valence-electron chi connectivity index (χ3n) is 5.07. The zero-order valence-corrected chi connectivity index (χ0v) is 17.3. The van der Waals surface area contributed by atoms with E-state index in [9.17, 15) is 24.0 Å². The number of hydroxylamine groups is 2. The summed E-state index contributed by atoms with van der Waals surface area (Å²) in [7, 11) is 0. The van der Waals surface area contributed by atoms with Crippen molar-refractivity contribution in [2.75, 3.05) is 25.5 Å². The van der Waals surface area contributed by atoms with Crippen LogP contribution in [-0.2, 0) is 28.8 Å². The van der Waals surface area contributed by atoms with Crippen molar-refractivity contribution in [1.29, 1.82) is 0 Å². The first-order valence-corrected chi connectivity index (χ1v) is 11.1. The summed E-state index contributed by atoms with van der Waals surface area (Å²) < 4.78 is 5.09. The molecule has 166 valence electrons. The number of hydrogen-bond donors (Lipinski definition) is 3. The third kappa shape index (κ3) is 6.08. The van der Waals surface area contributed by atoms with Gasteiger partial charge in [-0.05, 0) is 12.8 Å². The Morgan fingerprint density at radius 2 is 1.90 bits per heavy atom. The monoisotopic (exact) mass is 442 g/mol. The number of ether oxygens (including phenoxy) is 1. The van der Waals surface area contributed by atoms with E-state index in [2.05, 4.69) is 20.8 Å². The van der Waals surface area contributed by atoms with Crippen LogP contribution in [0, 0.1) is 0 Å². The van der Waals surface area contributed by atoms with Crippen LogP contribution < -0.4 is 16.0 Å². The Hall–Kier alpha value is -2.34. The van der Waals surface area contributed by atoms with Crippen LogP contribution in [0.5, 0.6) is 0 Å². The van der Waals surface area contributed by atoms with Gasteiger partial charge in [0, 0.05) is 36.8 Å². The molecular weight excluding hydrogens is 416 g/mol. The quantitative estimate of drug-likeness (QED) is 0.220. The second kappa shape index (κ2) is 10.6. The molecular formula is C18H26N4O7S. The standard InChI is InChI=1S/C18H26N4O7S/c23-13(4-2-1-3-12-17-11(10-30-12)20-18(27)21-17)19-7-8-28-9-16(26)29-22-14(24)5-6-15(22)25/h11-12,17H,1-10H2,(H,19,23)(H2,20,21,27)/t11-,12?,17-/m1/s1. The minimum Gasteiger partial charge on any atom is -0.368 e. The van der Waals surface area contributed by atoms with Crippen molar-refractivity contribution < 1.29 is 33.5 Å². The van der Waals surface area contributed by atoms with Crippen molar-refractivity contribution in [3.05, 3.63) is 0 Å². The molecule has 3 fully saturated rings. The number of fused-ring (bicyclic) bond motifs is 1. The first-order chi connectivity index (χ1) is 14.4. The van der Waals surface area contributed by atoms with Crippen LogP contribution in [0.2, 0.25) is 0 Å². The molecule has 3 rings (SSSR count). The number of nitrogens with zero attached hydrogens (tertiary/aromatic N) is 1. The summed E-state index contributed by atoms with van der Waals surface area (Å²) in [5.74, 6) is -1.10. The van der Waals surface area contributed by atoms with E-state index in [4.69, 9.17) is 4.74 Å². The molecule has 0 aromatic heterocycles. The van der Waals surface area contributed by atoms with Gasteiger partial charge in [-0.2, -0.15) is 11.8 Å². The van der Waals surface area contributed by atoms with E-state index in [-0.39, 0.29) is 50.0 Å². The molecule has 3 aliphatic heterocycles. The highest BCUT2D eigenvalue weighted by molar-refractivity contribution is 8.00. The number of carbonyl (C=O) groups is 5. The summed E-state index contributed by atoms with van der Waals surface area (Å²) >= 11 is 1.85. The number of amides is 5. The molecule has 0 aromatic rings. The molecule has 1 unspecified atom stereocenters. The lowest BCUT2D eigenvalue weighted by Gasteiger charge is -2.16. The fraction of sp³-hybridized carbons (Fsp3) is 0.722. The molecule has 0 saturated carbocycles. The van der Waals surface area contributed by atoms with Crippen LogP contribution in [-0.4, -0.2) is 77.6 Å². The average Bonchev–Trinajstić information content (AvgIpc) is 3.35. The Balaban J connectivity index is 1.17. The van der Waals surface area contributed by atoms with E-state index in [1.807, 2.05) is 11.8 Å². The van der Waals surface area contributed by atoms with Gasteiger partial charge in [-0.1, -0.05) is 6.42 Å². The largest absolute Gasteiger partial charge is 0.368 e. The maximum atomic E-state index is 11.9. The zero-order chi connectivity index (χ0) is 21.5. The van der Waals surface area contributed by atoms with Crippen LogP contribution in [0.4, 0.5) is 4.79 Å². The fourth-order valence-corrected chi connectivity index (χ4v) is 5.11. The molecule has 0 radical (unpaired) electrons. The SMILES string of the molecule is O=C(CCCCC1SC[C@H]2NC(=O)N[C@@H]12)NCCOCC(=O)ON1C(=O)CCC1=O. The second-order valence-electron chi connectivity index (χ2n) is 7.32. The van der Waals surface area contributed by atoms with Gasteiger partial charge in [-0.3, -0.25) is 14.4 Å². The number of hydrogen-bond acceptors (Lipinski definition) is 8. The lowest BCUT2D eigenvalue weighted by atomic mass is 10.0. The molecule has 0 aliphatic carbocycles. The number of unbranched alkanes of at least 4 members (excludes halogenated alkanes) is 1. The van der Waals surface area contributed by atoms with E-state index in [0.29, 0.717) is 16.7 Å². The molecule has 3 aliphatic rings. The minimum absolute atomic E-state index is 0.0351. The molecule has 0 bridgehead atoms. The number of imide groups is 1. The van der Waals surface area contributed by atoms with Crippen LogP contribution in [0.3, 0.4) is 0 Å². The third-order valence-corrected chi connectivity index (χ3v) is 6.58. The van der Waals surface area contributed by atoms with Gasteiger partial charge in [-0.15, -0.1) is 5.06 Å². The first-order valence-electron chi connectivity index (χ1n) is 10.0. The van der Waals surface area contributed by atoms with Crippen molar-refractivity contribution in [3.63, 3.8) is 0 Å². The number of urea groups is 1. The predicted molar refractivity (Wildman–Crippen MR) is 105 cm³/mol. The number of nitrogens with one attached hydrogen (secondary N) is 3. The summed E-state index contributed by atoms with van der Waals surface area (Å²) in [6.45, 7) is -0.0651. The lowest BCUT2D eigenvalue weighted by molar-refractivity contribution is -0.200. The second-order valence-corrected chi connectivity index (χ2v) is 8.59. The Labute approximate surface area is 177 Å². The van der Waals surface area contributed by atoms with Crippen LogP contribution in [0.15, 0.2) is 0 Å². The van der Waals surface area contributed by atoms with Crippen molar-refractivity contribution in [1.82, 2.24) is 21.0 Å². The Morgan fingerprint density at radius 1 is 1.13 bits per heavy atom. The van der Waals surface area contributed by atoms with Gasteiger partial charge >= 0.3 is 12.0 Å². The molecule has 0 aromatic carbocycles. The lowest BCUT2D eigenvalue weighted by Crippen LogP contribution is -2.36. The van der Waals surface area contributed by atoms with Gasteiger partial charge in [0.2, 0.25) is 5.91 Å². The molecule has 30 heavy (non-hydrogen) atoms. The van der Waals surface area contributed by atoms with Crippen LogP contribution in [0.1, 0.15) is 38.5 Å². The number of thioether (sulfide) groups is 1. The first kappa shape index (κ1) is 22.3.